The molecule has 1 aromatic heterocycles. The molecule has 1 rings (SSSR count). The number of hydrogen-bond acceptors (Lipinski definition) is 4. The Morgan fingerprint density at radius 3 is 2.69 bits per heavy atom. The lowest BCUT2D eigenvalue weighted by molar-refractivity contribution is 0.681. The largest absolute Gasteiger partial charge is 0.384 e. The predicted molar refractivity (Wildman–Crippen MR) is 54.6 cm³/mol. The molecule has 13 heavy (non-hydrogen) atoms. The van der Waals surface area contributed by atoms with Crippen LogP contribution in [0, 0.1) is 0 Å². The molecular formula is C9H16N4. The molecule has 0 amide bonds. The van der Waals surface area contributed by atoms with Gasteiger partial charge in [-0.15, -0.1) is 0 Å². The number of aromatic nitrogens is 2. The van der Waals surface area contributed by atoms with E-state index in [2.05, 4.69) is 35.6 Å². The highest BCUT2D eigenvalue weighted by Gasteiger charge is 2.10. The zero-order chi connectivity index (χ0) is 9.84. The summed E-state index contributed by atoms with van der Waals surface area (Å²) < 4.78 is 0. The van der Waals surface area contributed by atoms with Gasteiger partial charge in [-0.2, -0.15) is 4.98 Å². The van der Waals surface area contributed by atoms with Crippen molar-refractivity contribution >= 4 is 11.8 Å². The normalized spacial score (nSPS) is 10.5. The molecule has 0 aliphatic rings. The first-order valence-corrected chi connectivity index (χ1v) is 4.50. The second kappa shape index (κ2) is 4.07. The Balaban J connectivity index is 2.91. The average molecular weight is 180 g/mol. The summed E-state index contributed by atoms with van der Waals surface area (Å²) in [6.45, 7) is 7.18. The highest BCUT2D eigenvalue weighted by atomic mass is 15.3. The lowest BCUT2D eigenvalue weighted by Gasteiger charge is -2.24. The third kappa shape index (κ3) is 2.31. The summed E-state index contributed by atoms with van der Waals surface area (Å²) in [5, 5.41) is 0. The van der Waals surface area contributed by atoms with Crippen LogP contribution >= 0.6 is 0 Å². The number of anilines is 2. The number of rotatable bonds is 3. The van der Waals surface area contributed by atoms with E-state index in [1.165, 1.54) is 0 Å². The molecular weight excluding hydrogens is 164 g/mol. The van der Waals surface area contributed by atoms with Gasteiger partial charge in [-0.1, -0.05) is 0 Å². The monoisotopic (exact) mass is 180 g/mol. The van der Waals surface area contributed by atoms with Gasteiger partial charge in [0.25, 0.3) is 0 Å². The molecule has 0 aliphatic carbocycles. The molecule has 0 unspecified atom stereocenters. The van der Waals surface area contributed by atoms with Crippen LogP contribution < -0.4 is 10.6 Å². The van der Waals surface area contributed by atoms with Crippen molar-refractivity contribution in [1.29, 1.82) is 0 Å². The van der Waals surface area contributed by atoms with Crippen LogP contribution in [0.4, 0.5) is 11.8 Å². The van der Waals surface area contributed by atoms with E-state index in [0.717, 1.165) is 6.54 Å². The molecule has 0 aliphatic heterocycles. The van der Waals surface area contributed by atoms with Crippen molar-refractivity contribution in [2.24, 2.45) is 0 Å². The van der Waals surface area contributed by atoms with E-state index in [9.17, 15) is 0 Å². The van der Waals surface area contributed by atoms with Crippen molar-refractivity contribution in [3.05, 3.63) is 12.3 Å². The molecule has 4 nitrogen and oxygen atoms in total. The third-order valence-electron chi connectivity index (χ3n) is 1.89. The Labute approximate surface area is 78.8 Å². The fourth-order valence-electron chi connectivity index (χ4n) is 1.24. The maximum Gasteiger partial charge on any atom is 0.227 e. The van der Waals surface area contributed by atoms with Crippen molar-refractivity contribution in [1.82, 2.24) is 9.97 Å². The predicted octanol–water partition coefficient (Wildman–Crippen LogP) is 1.29. The molecule has 0 bridgehead atoms. The van der Waals surface area contributed by atoms with Crippen LogP contribution in [-0.2, 0) is 0 Å². The van der Waals surface area contributed by atoms with E-state index in [1.54, 1.807) is 12.3 Å². The highest BCUT2D eigenvalue weighted by molar-refractivity contribution is 5.38. The van der Waals surface area contributed by atoms with Crippen LogP contribution in [0.5, 0.6) is 0 Å². The molecule has 0 atom stereocenters. The lowest BCUT2D eigenvalue weighted by Crippen LogP contribution is -2.32. The third-order valence-corrected chi connectivity index (χ3v) is 1.89. The van der Waals surface area contributed by atoms with Gasteiger partial charge >= 0.3 is 0 Å². The molecule has 1 heterocycles. The number of hydrogen-bond donors (Lipinski definition) is 1. The molecule has 4 heteroatoms. The standard InChI is InChI=1S/C9H16N4/c1-4-13(7(2)3)9-11-6-5-8(10)12-9/h5-7H,4H2,1-3H3,(H2,10,11,12). The van der Waals surface area contributed by atoms with Crippen LogP contribution in [0.2, 0.25) is 0 Å². The summed E-state index contributed by atoms with van der Waals surface area (Å²) in [6, 6.07) is 2.09. The van der Waals surface area contributed by atoms with Crippen molar-refractivity contribution in [2.45, 2.75) is 26.8 Å². The van der Waals surface area contributed by atoms with E-state index >= 15 is 0 Å². The van der Waals surface area contributed by atoms with Gasteiger partial charge in [0.15, 0.2) is 0 Å². The maximum atomic E-state index is 5.57. The first-order chi connectivity index (χ1) is 6.15. The van der Waals surface area contributed by atoms with E-state index < -0.39 is 0 Å². The number of nitrogens with two attached hydrogens (primary N) is 1. The molecule has 0 spiro atoms. The molecule has 72 valence electrons. The Kier molecular flexibility index (Phi) is 3.06. The van der Waals surface area contributed by atoms with Crippen molar-refractivity contribution in [3.63, 3.8) is 0 Å². The minimum Gasteiger partial charge on any atom is -0.384 e. The molecule has 0 saturated heterocycles. The van der Waals surface area contributed by atoms with Gasteiger partial charge < -0.3 is 10.6 Å². The minimum absolute atomic E-state index is 0.395. The van der Waals surface area contributed by atoms with Gasteiger partial charge in [0, 0.05) is 18.8 Å². The SMILES string of the molecule is CCN(c1nccc(N)n1)C(C)C. The van der Waals surface area contributed by atoms with Gasteiger partial charge in [0.1, 0.15) is 5.82 Å². The molecule has 0 fully saturated rings. The zero-order valence-corrected chi connectivity index (χ0v) is 8.36. The van der Waals surface area contributed by atoms with Crippen molar-refractivity contribution in [3.8, 4) is 0 Å². The molecule has 0 aromatic carbocycles. The first kappa shape index (κ1) is 9.77. The molecule has 0 radical (unpaired) electrons. The first-order valence-electron chi connectivity index (χ1n) is 4.50. The summed E-state index contributed by atoms with van der Waals surface area (Å²) in [5.74, 6) is 1.22. The maximum absolute atomic E-state index is 5.57. The minimum atomic E-state index is 0.395. The molecule has 2 N–H and O–H groups in total. The molecule has 1 aromatic rings. The van der Waals surface area contributed by atoms with Gasteiger partial charge in [0.05, 0.1) is 0 Å². The number of nitrogen functional groups attached to an aromatic ring is 1. The topological polar surface area (TPSA) is 55.0 Å². The summed E-state index contributed by atoms with van der Waals surface area (Å²) >= 11 is 0. The molecule has 0 saturated carbocycles. The Hall–Kier alpha value is -1.32. The fourth-order valence-corrected chi connectivity index (χ4v) is 1.24. The fraction of sp³-hybridized carbons (Fsp3) is 0.556. The van der Waals surface area contributed by atoms with Gasteiger partial charge in [-0.05, 0) is 26.8 Å². The second-order valence-electron chi connectivity index (χ2n) is 3.16. The summed E-state index contributed by atoms with van der Waals surface area (Å²) in [4.78, 5) is 10.4. The van der Waals surface area contributed by atoms with Crippen LogP contribution in [-0.4, -0.2) is 22.6 Å². The van der Waals surface area contributed by atoms with Crippen molar-refractivity contribution < 1.29 is 0 Å². The summed E-state index contributed by atoms with van der Waals surface area (Å²) in [7, 11) is 0. The zero-order valence-electron chi connectivity index (χ0n) is 8.36. The van der Waals surface area contributed by atoms with E-state index in [0.29, 0.717) is 17.8 Å². The highest BCUT2D eigenvalue weighted by Crippen LogP contribution is 2.11. The van der Waals surface area contributed by atoms with E-state index in [1.807, 2.05) is 0 Å². The van der Waals surface area contributed by atoms with Crippen LogP contribution in [0.25, 0.3) is 0 Å². The average Bonchev–Trinajstić information content (AvgIpc) is 2.04. The van der Waals surface area contributed by atoms with Gasteiger partial charge in [-0.25, -0.2) is 4.98 Å². The summed E-state index contributed by atoms with van der Waals surface area (Å²) in [6.07, 6.45) is 1.68. The smallest absolute Gasteiger partial charge is 0.227 e. The number of nitrogens with zero attached hydrogens (tertiary/aromatic N) is 3. The van der Waals surface area contributed by atoms with Crippen LogP contribution in [0.3, 0.4) is 0 Å². The second-order valence-corrected chi connectivity index (χ2v) is 3.16. The Bertz CT molecular complexity index is 272. The quantitative estimate of drug-likeness (QED) is 0.761. The van der Waals surface area contributed by atoms with Crippen LogP contribution in [0.15, 0.2) is 12.3 Å². The van der Waals surface area contributed by atoms with Crippen molar-refractivity contribution in [2.75, 3.05) is 17.2 Å². The van der Waals surface area contributed by atoms with Gasteiger partial charge in [-0.3, -0.25) is 0 Å². The van der Waals surface area contributed by atoms with E-state index in [4.69, 9.17) is 5.73 Å². The lowest BCUT2D eigenvalue weighted by atomic mass is 10.3. The Morgan fingerprint density at radius 1 is 1.54 bits per heavy atom. The summed E-state index contributed by atoms with van der Waals surface area (Å²) in [5.41, 5.74) is 5.57. The van der Waals surface area contributed by atoms with Crippen LogP contribution in [0.1, 0.15) is 20.8 Å². The Morgan fingerprint density at radius 2 is 2.23 bits per heavy atom. The van der Waals surface area contributed by atoms with Gasteiger partial charge in [0.2, 0.25) is 5.95 Å². The van der Waals surface area contributed by atoms with E-state index in [-0.39, 0.29) is 0 Å².